The molecule has 1 heterocycles. The van der Waals surface area contributed by atoms with Crippen LogP contribution in [0.2, 0.25) is 0 Å². The monoisotopic (exact) mass is 382 g/mol. The average molecular weight is 383 g/mol. The van der Waals surface area contributed by atoms with E-state index in [0.29, 0.717) is 37.6 Å². The third-order valence-corrected chi connectivity index (χ3v) is 7.27. The minimum Gasteiger partial charge on any atom is -0.349 e. The summed E-state index contributed by atoms with van der Waals surface area (Å²) in [6, 6.07) is 4.01. The van der Waals surface area contributed by atoms with E-state index in [9.17, 15) is 13.2 Å². The molecule has 7 heteroatoms. The smallest absolute Gasteiger partial charge is 0.275 e. The maximum atomic E-state index is 13.1. The van der Waals surface area contributed by atoms with Crippen LogP contribution in [0.3, 0.4) is 0 Å². The van der Waals surface area contributed by atoms with Crippen LogP contribution >= 0.6 is 0 Å². The summed E-state index contributed by atoms with van der Waals surface area (Å²) in [5.74, 6) is 0.0379. The lowest BCUT2D eigenvalue weighted by atomic mass is 10.1. The first-order valence-electron chi connectivity index (χ1n) is 9.36. The standard InChI is InChI=1S/C19H31N3O3S/c1-6-17(5)20-18(23)13-21-7-9-22(10-8-21)26(24,25)19-15(3)11-14(2)12-16(19)4/h11-12,17H,6-10,13H2,1-5H3,(H,20,23)/p+1/t17-/m1/s1. The topological polar surface area (TPSA) is 70.9 Å². The Bertz CT molecular complexity index is 730. The molecule has 1 amide bonds. The van der Waals surface area contributed by atoms with Crippen LogP contribution < -0.4 is 10.2 Å². The summed E-state index contributed by atoms with van der Waals surface area (Å²) in [5.41, 5.74) is 2.66. The number of hydrogen-bond donors (Lipinski definition) is 2. The number of carbonyl (C=O) groups is 1. The number of sulfonamides is 1. The third-order valence-electron chi connectivity index (χ3n) is 5.06. The van der Waals surface area contributed by atoms with Crippen molar-refractivity contribution in [3.05, 3.63) is 28.8 Å². The molecular formula is C19H32N3O3S+. The summed E-state index contributed by atoms with van der Waals surface area (Å²) >= 11 is 0. The van der Waals surface area contributed by atoms with Crippen molar-refractivity contribution in [1.29, 1.82) is 0 Å². The largest absolute Gasteiger partial charge is 0.349 e. The molecule has 2 N–H and O–H groups in total. The van der Waals surface area contributed by atoms with E-state index < -0.39 is 10.0 Å². The molecule has 0 aromatic heterocycles. The van der Waals surface area contributed by atoms with Crippen molar-refractivity contribution in [2.75, 3.05) is 32.7 Å². The van der Waals surface area contributed by atoms with Crippen LogP contribution in [0.4, 0.5) is 0 Å². The second kappa shape index (κ2) is 8.50. The van der Waals surface area contributed by atoms with Crippen molar-refractivity contribution in [3.8, 4) is 0 Å². The van der Waals surface area contributed by atoms with Gasteiger partial charge in [0.25, 0.3) is 5.91 Å². The molecule has 0 aliphatic carbocycles. The molecule has 0 radical (unpaired) electrons. The molecule has 0 bridgehead atoms. The minimum atomic E-state index is -3.50. The van der Waals surface area contributed by atoms with Gasteiger partial charge in [0.2, 0.25) is 10.0 Å². The SMILES string of the molecule is CC[C@@H](C)NC(=O)C[NH+]1CCN(S(=O)(=O)c2c(C)cc(C)cc2C)CC1. The number of rotatable bonds is 6. The Morgan fingerprint density at radius 2 is 1.73 bits per heavy atom. The van der Waals surface area contributed by atoms with Crippen molar-refractivity contribution in [3.63, 3.8) is 0 Å². The quantitative estimate of drug-likeness (QED) is 0.749. The molecule has 0 saturated carbocycles. The molecule has 1 aromatic carbocycles. The van der Waals surface area contributed by atoms with Crippen molar-refractivity contribution in [2.45, 2.75) is 52.0 Å². The summed E-state index contributed by atoms with van der Waals surface area (Å²) in [4.78, 5) is 13.6. The predicted octanol–water partition coefficient (Wildman–Crippen LogP) is 0.416. The van der Waals surface area contributed by atoms with E-state index in [4.69, 9.17) is 0 Å². The predicted molar refractivity (Wildman–Crippen MR) is 103 cm³/mol. The average Bonchev–Trinajstić information content (AvgIpc) is 2.53. The summed E-state index contributed by atoms with van der Waals surface area (Å²) in [6.07, 6.45) is 0.905. The van der Waals surface area contributed by atoms with E-state index in [2.05, 4.69) is 5.32 Å². The fraction of sp³-hybridized carbons (Fsp3) is 0.632. The van der Waals surface area contributed by atoms with Crippen molar-refractivity contribution in [2.24, 2.45) is 0 Å². The van der Waals surface area contributed by atoms with Crippen molar-refractivity contribution < 1.29 is 18.1 Å². The number of nitrogens with one attached hydrogen (secondary N) is 2. The van der Waals surface area contributed by atoms with E-state index in [1.165, 1.54) is 0 Å². The van der Waals surface area contributed by atoms with Gasteiger partial charge in [-0.2, -0.15) is 4.31 Å². The fourth-order valence-electron chi connectivity index (χ4n) is 3.58. The maximum absolute atomic E-state index is 13.1. The van der Waals surface area contributed by atoms with Crippen molar-refractivity contribution >= 4 is 15.9 Å². The molecule has 26 heavy (non-hydrogen) atoms. The summed E-state index contributed by atoms with van der Waals surface area (Å²) < 4.78 is 27.7. The normalized spacial score (nSPS) is 17.9. The zero-order chi connectivity index (χ0) is 19.5. The van der Waals surface area contributed by atoms with Crippen LogP contribution in [-0.4, -0.2) is 57.4 Å². The minimum absolute atomic E-state index is 0.0379. The second-order valence-corrected chi connectivity index (χ2v) is 9.31. The Labute approximate surface area is 157 Å². The van der Waals surface area contributed by atoms with Gasteiger partial charge in [-0.05, 0) is 45.2 Å². The molecule has 1 aliphatic heterocycles. The Balaban J connectivity index is 2.02. The zero-order valence-corrected chi connectivity index (χ0v) is 17.4. The van der Waals surface area contributed by atoms with E-state index in [1.54, 1.807) is 4.31 Å². The van der Waals surface area contributed by atoms with Gasteiger partial charge in [0, 0.05) is 6.04 Å². The van der Waals surface area contributed by atoms with Crippen molar-refractivity contribution in [1.82, 2.24) is 9.62 Å². The number of quaternary nitrogens is 1. The molecule has 1 fully saturated rings. The van der Waals surface area contributed by atoms with Gasteiger partial charge in [0.15, 0.2) is 6.54 Å². The lowest BCUT2D eigenvalue weighted by Gasteiger charge is -2.32. The second-order valence-electron chi connectivity index (χ2n) is 7.44. The highest BCUT2D eigenvalue weighted by atomic mass is 32.2. The van der Waals surface area contributed by atoms with Crippen LogP contribution in [0.25, 0.3) is 0 Å². The number of amides is 1. The highest BCUT2D eigenvalue weighted by Crippen LogP contribution is 2.25. The Kier molecular flexibility index (Phi) is 6.82. The van der Waals surface area contributed by atoms with Crippen LogP contribution in [0, 0.1) is 20.8 Å². The summed E-state index contributed by atoms with van der Waals surface area (Å²) in [6.45, 7) is 12.3. The van der Waals surface area contributed by atoms with Crippen LogP contribution in [0.1, 0.15) is 37.0 Å². The Hall–Kier alpha value is -1.44. The fourth-order valence-corrected chi connectivity index (χ4v) is 5.43. The zero-order valence-electron chi connectivity index (χ0n) is 16.6. The first-order chi connectivity index (χ1) is 12.1. The van der Waals surface area contributed by atoms with Crippen LogP contribution in [0.15, 0.2) is 17.0 Å². The van der Waals surface area contributed by atoms with E-state index >= 15 is 0 Å². The van der Waals surface area contributed by atoms with E-state index in [1.807, 2.05) is 46.8 Å². The van der Waals surface area contributed by atoms with Gasteiger partial charge in [-0.25, -0.2) is 8.42 Å². The molecule has 0 unspecified atom stereocenters. The molecule has 0 spiro atoms. The third kappa shape index (κ3) is 4.84. The first kappa shape index (κ1) is 20.9. The molecular weight excluding hydrogens is 350 g/mol. The van der Waals surface area contributed by atoms with Crippen LogP contribution in [-0.2, 0) is 14.8 Å². The molecule has 2 rings (SSSR count). The van der Waals surface area contributed by atoms with E-state index in [0.717, 1.165) is 28.0 Å². The van der Waals surface area contributed by atoms with Gasteiger partial charge in [0.1, 0.15) is 0 Å². The maximum Gasteiger partial charge on any atom is 0.275 e. The molecule has 1 aliphatic rings. The molecule has 6 nitrogen and oxygen atoms in total. The summed E-state index contributed by atoms with van der Waals surface area (Å²) in [7, 11) is -3.50. The number of hydrogen-bond acceptors (Lipinski definition) is 3. The number of aryl methyl sites for hydroxylation is 3. The molecule has 146 valence electrons. The Morgan fingerprint density at radius 3 is 2.23 bits per heavy atom. The first-order valence-corrected chi connectivity index (χ1v) is 10.8. The molecule has 1 saturated heterocycles. The van der Waals surface area contributed by atoms with Gasteiger partial charge in [-0.15, -0.1) is 0 Å². The number of carbonyl (C=O) groups excluding carboxylic acids is 1. The van der Waals surface area contributed by atoms with Gasteiger partial charge in [0.05, 0.1) is 31.1 Å². The van der Waals surface area contributed by atoms with E-state index in [-0.39, 0.29) is 11.9 Å². The van der Waals surface area contributed by atoms with Gasteiger partial charge >= 0.3 is 0 Å². The lowest BCUT2D eigenvalue weighted by molar-refractivity contribution is -0.895. The number of piperazine rings is 1. The van der Waals surface area contributed by atoms with Crippen LogP contribution in [0.5, 0.6) is 0 Å². The number of benzene rings is 1. The van der Waals surface area contributed by atoms with Gasteiger partial charge in [-0.1, -0.05) is 24.6 Å². The lowest BCUT2D eigenvalue weighted by Crippen LogP contribution is -3.15. The summed E-state index contributed by atoms with van der Waals surface area (Å²) in [5, 5.41) is 2.97. The highest BCUT2D eigenvalue weighted by molar-refractivity contribution is 7.89. The molecule has 1 aromatic rings. The highest BCUT2D eigenvalue weighted by Gasteiger charge is 2.33. The number of nitrogens with zero attached hydrogens (tertiary/aromatic N) is 1. The van der Waals surface area contributed by atoms with Gasteiger partial charge < -0.3 is 10.2 Å². The van der Waals surface area contributed by atoms with Gasteiger partial charge in [-0.3, -0.25) is 4.79 Å². The molecule has 1 atom stereocenters. The Morgan fingerprint density at radius 1 is 1.19 bits per heavy atom.